The summed E-state index contributed by atoms with van der Waals surface area (Å²) in [6.45, 7) is 2.82. The first-order chi connectivity index (χ1) is 7.27. The van der Waals surface area contributed by atoms with Crippen molar-refractivity contribution in [1.82, 2.24) is 20.1 Å². The van der Waals surface area contributed by atoms with Crippen molar-refractivity contribution in [1.29, 1.82) is 0 Å². The van der Waals surface area contributed by atoms with Crippen molar-refractivity contribution in [2.45, 2.75) is 32.4 Å². The van der Waals surface area contributed by atoms with Crippen LogP contribution in [0.1, 0.15) is 24.5 Å². The Kier molecular flexibility index (Phi) is 3.64. The minimum absolute atomic E-state index is 0.653. The molecule has 0 bridgehead atoms. The smallest absolute Gasteiger partial charge is 0.146 e. The second kappa shape index (κ2) is 4.99. The highest BCUT2D eigenvalue weighted by Crippen LogP contribution is 2.17. The van der Waals surface area contributed by atoms with Crippen molar-refractivity contribution in [3.05, 3.63) is 11.6 Å². The van der Waals surface area contributed by atoms with Crippen LogP contribution in [0.15, 0.2) is 0 Å². The van der Waals surface area contributed by atoms with Crippen LogP contribution in [-0.2, 0) is 13.6 Å². The summed E-state index contributed by atoms with van der Waals surface area (Å²) in [6.07, 6.45) is 2.63. The van der Waals surface area contributed by atoms with Gasteiger partial charge in [0, 0.05) is 18.8 Å². The summed E-state index contributed by atoms with van der Waals surface area (Å²) in [7, 11) is 2.02. The fraction of sp³-hybridized carbons (Fsp3) is 0.800. The van der Waals surface area contributed by atoms with E-state index >= 15 is 0 Å². The molecule has 5 heteroatoms. The standard InChI is InChI=1S/C10H18N4S/c1-8-12-13-10(14(8)2)6-11-9-4-3-5-15-7-9/h9,11H,3-7H2,1-2H3. The number of nitrogens with zero attached hydrogens (tertiary/aromatic N) is 3. The van der Waals surface area contributed by atoms with Crippen molar-refractivity contribution in [2.75, 3.05) is 11.5 Å². The Hall–Kier alpha value is -0.550. The normalized spacial score (nSPS) is 21.9. The van der Waals surface area contributed by atoms with Crippen LogP contribution in [-0.4, -0.2) is 32.3 Å². The molecule has 1 atom stereocenters. The fourth-order valence-electron chi connectivity index (χ4n) is 1.74. The van der Waals surface area contributed by atoms with Gasteiger partial charge >= 0.3 is 0 Å². The fourth-order valence-corrected chi connectivity index (χ4v) is 2.85. The number of aromatic nitrogens is 3. The van der Waals surface area contributed by atoms with Gasteiger partial charge in [-0.2, -0.15) is 11.8 Å². The van der Waals surface area contributed by atoms with Crippen LogP contribution in [0.4, 0.5) is 0 Å². The van der Waals surface area contributed by atoms with Crippen LogP contribution in [0.5, 0.6) is 0 Å². The second-order valence-electron chi connectivity index (χ2n) is 4.02. The van der Waals surface area contributed by atoms with Crippen molar-refractivity contribution < 1.29 is 0 Å². The Morgan fingerprint density at radius 3 is 3.00 bits per heavy atom. The van der Waals surface area contributed by atoms with E-state index < -0.39 is 0 Å². The van der Waals surface area contributed by atoms with Gasteiger partial charge in [0.05, 0.1) is 6.54 Å². The molecule has 1 saturated heterocycles. The molecule has 2 heterocycles. The minimum Gasteiger partial charge on any atom is -0.317 e. The quantitative estimate of drug-likeness (QED) is 0.838. The Morgan fingerprint density at radius 2 is 2.40 bits per heavy atom. The lowest BCUT2D eigenvalue weighted by Gasteiger charge is -2.22. The van der Waals surface area contributed by atoms with Gasteiger partial charge in [0.25, 0.3) is 0 Å². The largest absolute Gasteiger partial charge is 0.317 e. The van der Waals surface area contributed by atoms with Gasteiger partial charge in [-0.05, 0) is 25.5 Å². The number of hydrogen-bond donors (Lipinski definition) is 1. The Bertz CT molecular complexity index is 317. The van der Waals surface area contributed by atoms with Crippen LogP contribution in [0.25, 0.3) is 0 Å². The zero-order valence-corrected chi connectivity index (χ0v) is 10.2. The lowest BCUT2D eigenvalue weighted by atomic mass is 10.2. The molecule has 1 aromatic rings. The summed E-state index contributed by atoms with van der Waals surface area (Å²) in [6, 6.07) is 0.653. The molecular weight excluding hydrogens is 208 g/mol. The van der Waals surface area contributed by atoms with Crippen LogP contribution in [0.3, 0.4) is 0 Å². The number of rotatable bonds is 3. The van der Waals surface area contributed by atoms with E-state index in [-0.39, 0.29) is 0 Å². The number of nitrogens with one attached hydrogen (secondary N) is 1. The maximum atomic E-state index is 4.14. The van der Waals surface area contributed by atoms with E-state index in [1.54, 1.807) is 0 Å². The number of aryl methyl sites for hydroxylation is 1. The molecule has 1 aromatic heterocycles. The van der Waals surface area contributed by atoms with Gasteiger partial charge in [0.15, 0.2) is 0 Å². The molecule has 0 aromatic carbocycles. The first-order valence-electron chi connectivity index (χ1n) is 5.43. The summed E-state index contributed by atoms with van der Waals surface area (Å²) in [5, 5.41) is 11.7. The Balaban J connectivity index is 1.84. The third-order valence-corrected chi connectivity index (χ3v) is 4.11. The molecule has 0 amide bonds. The molecule has 15 heavy (non-hydrogen) atoms. The molecule has 1 aliphatic rings. The summed E-state index contributed by atoms with van der Waals surface area (Å²) in [5.74, 6) is 4.56. The molecule has 0 spiro atoms. The van der Waals surface area contributed by atoms with E-state index in [1.807, 2.05) is 30.3 Å². The van der Waals surface area contributed by atoms with Crippen molar-refractivity contribution in [2.24, 2.45) is 7.05 Å². The van der Waals surface area contributed by atoms with Gasteiger partial charge in [0.1, 0.15) is 11.6 Å². The molecule has 1 fully saturated rings. The van der Waals surface area contributed by atoms with Crippen molar-refractivity contribution in [3.63, 3.8) is 0 Å². The second-order valence-corrected chi connectivity index (χ2v) is 5.17. The van der Waals surface area contributed by atoms with E-state index in [1.165, 1.54) is 24.3 Å². The van der Waals surface area contributed by atoms with Gasteiger partial charge in [0.2, 0.25) is 0 Å². The van der Waals surface area contributed by atoms with Crippen LogP contribution >= 0.6 is 11.8 Å². The molecular formula is C10H18N4S. The van der Waals surface area contributed by atoms with Gasteiger partial charge < -0.3 is 9.88 Å². The number of hydrogen-bond acceptors (Lipinski definition) is 4. The Morgan fingerprint density at radius 1 is 1.53 bits per heavy atom. The van der Waals surface area contributed by atoms with Crippen LogP contribution in [0, 0.1) is 6.92 Å². The third-order valence-electron chi connectivity index (χ3n) is 2.89. The summed E-state index contributed by atoms with van der Waals surface area (Å²) < 4.78 is 2.04. The molecule has 1 N–H and O–H groups in total. The molecule has 84 valence electrons. The molecule has 2 rings (SSSR count). The van der Waals surface area contributed by atoms with Crippen LogP contribution < -0.4 is 5.32 Å². The number of thioether (sulfide) groups is 1. The first-order valence-corrected chi connectivity index (χ1v) is 6.59. The van der Waals surface area contributed by atoms with Gasteiger partial charge in [-0.1, -0.05) is 0 Å². The summed E-state index contributed by atoms with van der Waals surface area (Å²) in [5.41, 5.74) is 0. The topological polar surface area (TPSA) is 42.7 Å². The summed E-state index contributed by atoms with van der Waals surface area (Å²) >= 11 is 2.04. The molecule has 4 nitrogen and oxygen atoms in total. The minimum atomic E-state index is 0.653. The highest BCUT2D eigenvalue weighted by molar-refractivity contribution is 7.99. The predicted molar refractivity (Wildman–Crippen MR) is 62.9 cm³/mol. The van der Waals surface area contributed by atoms with Crippen molar-refractivity contribution >= 4 is 11.8 Å². The average Bonchev–Trinajstić information content (AvgIpc) is 2.59. The average molecular weight is 226 g/mol. The van der Waals surface area contributed by atoms with Crippen molar-refractivity contribution in [3.8, 4) is 0 Å². The first kappa shape index (κ1) is 11.0. The predicted octanol–water partition coefficient (Wildman–Crippen LogP) is 1.11. The van der Waals surface area contributed by atoms with E-state index in [4.69, 9.17) is 0 Å². The van der Waals surface area contributed by atoms with Gasteiger partial charge in [-0.15, -0.1) is 10.2 Å². The van der Waals surface area contributed by atoms with E-state index in [0.717, 1.165) is 18.2 Å². The lowest BCUT2D eigenvalue weighted by Crippen LogP contribution is -2.34. The van der Waals surface area contributed by atoms with Gasteiger partial charge in [-0.25, -0.2) is 0 Å². The highest BCUT2D eigenvalue weighted by atomic mass is 32.2. The van der Waals surface area contributed by atoms with E-state index in [0.29, 0.717) is 6.04 Å². The maximum Gasteiger partial charge on any atom is 0.146 e. The van der Waals surface area contributed by atoms with E-state index in [9.17, 15) is 0 Å². The van der Waals surface area contributed by atoms with Crippen LogP contribution in [0.2, 0.25) is 0 Å². The zero-order chi connectivity index (χ0) is 10.7. The molecule has 0 aliphatic carbocycles. The highest BCUT2D eigenvalue weighted by Gasteiger charge is 2.14. The molecule has 1 unspecified atom stereocenters. The molecule has 0 radical (unpaired) electrons. The lowest BCUT2D eigenvalue weighted by molar-refractivity contribution is 0.492. The Labute approximate surface area is 94.8 Å². The monoisotopic (exact) mass is 226 g/mol. The van der Waals surface area contributed by atoms with Gasteiger partial charge in [-0.3, -0.25) is 0 Å². The zero-order valence-electron chi connectivity index (χ0n) is 9.36. The summed E-state index contributed by atoms with van der Waals surface area (Å²) in [4.78, 5) is 0. The molecule has 0 saturated carbocycles. The van der Waals surface area contributed by atoms with E-state index in [2.05, 4.69) is 15.5 Å². The SMILES string of the molecule is Cc1nnc(CNC2CCCSC2)n1C. The maximum absolute atomic E-state index is 4.14. The third kappa shape index (κ3) is 2.72. The molecule has 1 aliphatic heterocycles.